The van der Waals surface area contributed by atoms with Gasteiger partial charge in [0.25, 0.3) is 0 Å². The lowest BCUT2D eigenvalue weighted by molar-refractivity contribution is -0.136. The molecule has 154 valence electrons. The van der Waals surface area contributed by atoms with Gasteiger partial charge in [-0.15, -0.1) is 0 Å². The van der Waals surface area contributed by atoms with E-state index in [4.69, 9.17) is 0 Å². The standard InChI is InChI=1S/C21H26N4O4/c1-24-12-5-8-17(24)18(26)10-11-22-20(28)21(29)23-15-6-4-7-16(14-15)25-13-3-2-9-19(25)27/h4-8,12,14,18,26H,2-3,9-11,13H2,1H3,(H,22,28)(H,23,29). The number of aliphatic hydroxyl groups is 1. The van der Waals surface area contributed by atoms with E-state index in [1.165, 1.54) is 0 Å². The Hall–Kier alpha value is -3.13. The van der Waals surface area contributed by atoms with Crippen LogP contribution in [0.15, 0.2) is 42.6 Å². The average Bonchev–Trinajstić information content (AvgIpc) is 3.14. The molecule has 3 rings (SSSR count). The first-order valence-corrected chi connectivity index (χ1v) is 9.74. The summed E-state index contributed by atoms with van der Waals surface area (Å²) < 4.78 is 1.80. The fraction of sp³-hybridized carbons (Fsp3) is 0.381. The lowest BCUT2D eigenvalue weighted by atomic mass is 10.1. The van der Waals surface area contributed by atoms with Crippen LogP contribution in [0.3, 0.4) is 0 Å². The second-order valence-corrected chi connectivity index (χ2v) is 7.11. The molecule has 1 atom stereocenters. The van der Waals surface area contributed by atoms with E-state index in [0.29, 0.717) is 30.8 Å². The summed E-state index contributed by atoms with van der Waals surface area (Å²) in [6.45, 7) is 0.821. The Bertz CT molecular complexity index is 892. The summed E-state index contributed by atoms with van der Waals surface area (Å²) in [5, 5.41) is 15.2. The van der Waals surface area contributed by atoms with Crippen molar-refractivity contribution in [1.29, 1.82) is 0 Å². The van der Waals surface area contributed by atoms with Crippen molar-refractivity contribution in [1.82, 2.24) is 9.88 Å². The molecule has 0 saturated carbocycles. The lowest BCUT2D eigenvalue weighted by Crippen LogP contribution is -2.37. The number of aryl methyl sites for hydroxylation is 1. The van der Waals surface area contributed by atoms with Crippen molar-refractivity contribution >= 4 is 29.1 Å². The largest absolute Gasteiger partial charge is 0.387 e. The van der Waals surface area contributed by atoms with Crippen LogP contribution in [0.5, 0.6) is 0 Å². The fourth-order valence-corrected chi connectivity index (χ4v) is 3.39. The second-order valence-electron chi connectivity index (χ2n) is 7.11. The Morgan fingerprint density at radius 1 is 1.17 bits per heavy atom. The summed E-state index contributed by atoms with van der Waals surface area (Å²) >= 11 is 0. The van der Waals surface area contributed by atoms with E-state index in [1.807, 2.05) is 25.4 Å². The molecule has 2 aromatic rings. The third-order valence-corrected chi connectivity index (χ3v) is 4.97. The predicted molar refractivity (Wildman–Crippen MR) is 109 cm³/mol. The van der Waals surface area contributed by atoms with E-state index < -0.39 is 17.9 Å². The number of anilines is 2. The molecule has 1 fully saturated rings. The van der Waals surface area contributed by atoms with Gasteiger partial charge in [-0.2, -0.15) is 0 Å². The van der Waals surface area contributed by atoms with Gasteiger partial charge in [-0.1, -0.05) is 6.07 Å². The summed E-state index contributed by atoms with van der Waals surface area (Å²) in [6.07, 6.45) is 3.76. The van der Waals surface area contributed by atoms with Gasteiger partial charge < -0.3 is 25.2 Å². The topological polar surface area (TPSA) is 104 Å². The molecule has 1 aliphatic heterocycles. The number of hydrogen-bond acceptors (Lipinski definition) is 4. The summed E-state index contributed by atoms with van der Waals surface area (Å²) in [5.74, 6) is -1.50. The van der Waals surface area contributed by atoms with Crippen molar-refractivity contribution in [2.24, 2.45) is 7.05 Å². The monoisotopic (exact) mass is 398 g/mol. The van der Waals surface area contributed by atoms with E-state index in [1.54, 1.807) is 33.7 Å². The number of piperidine rings is 1. The number of aliphatic hydroxyl groups excluding tert-OH is 1. The van der Waals surface area contributed by atoms with Gasteiger partial charge in [0.15, 0.2) is 0 Å². The number of nitrogens with one attached hydrogen (secondary N) is 2. The first-order chi connectivity index (χ1) is 14.0. The van der Waals surface area contributed by atoms with Crippen LogP contribution >= 0.6 is 0 Å². The van der Waals surface area contributed by atoms with Crippen molar-refractivity contribution in [3.05, 3.63) is 48.3 Å². The Morgan fingerprint density at radius 3 is 2.72 bits per heavy atom. The Kier molecular flexibility index (Phi) is 6.66. The van der Waals surface area contributed by atoms with Gasteiger partial charge in [0.2, 0.25) is 5.91 Å². The van der Waals surface area contributed by atoms with E-state index in [0.717, 1.165) is 18.5 Å². The van der Waals surface area contributed by atoms with Gasteiger partial charge in [0.05, 0.1) is 6.10 Å². The maximum Gasteiger partial charge on any atom is 0.313 e. The first-order valence-electron chi connectivity index (χ1n) is 9.74. The van der Waals surface area contributed by atoms with Crippen LogP contribution in [0.2, 0.25) is 0 Å². The normalized spacial score (nSPS) is 15.1. The molecule has 0 spiro atoms. The molecule has 1 unspecified atom stereocenters. The third kappa shape index (κ3) is 5.23. The summed E-state index contributed by atoms with van der Waals surface area (Å²) in [4.78, 5) is 38.0. The van der Waals surface area contributed by atoms with Crippen LogP contribution < -0.4 is 15.5 Å². The average molecular weight is 398 g/mol. The quantitative estimate of drug-likeness (QED) is 0.645. The lowest BCUT2D eigenvalue weighted by Gasteiger charge is -2.27. The third-order valence-electron chi connectivity index (χ3n) is 4.97. The minimum atomic E-state index is -0.791. The smallest absolute Gasteiger partial charge is 0.313 e. The van der Waals surface area contributed by atoms with Crippen LogP contribution in [0, 0.1) is 0 Å². The van der Waals surface area contributed by atoms with Gasteiger partial charge in [0, 0.05) is 49.8 Å². The van der Waals surface area contributed by atoms with Crippen molar-refractivity contribution in [3.8, 4) is 0 Å². The number of carbonyl (C=O) groups is 3. The first kappa shape index (κ1) is 20.6. The Morgan fingerprint density at radius 2 is 2.00 bits per heavy atom. The number of amides is 3. The molecule has 0 aliphatic carbocycles. The van der Waals surface area contributed by atoms with Gasteiger partial charge in [-0.25, -0.2) is 0 Å². The van der Waals surface area contributed by atoms with Gasteiger partial charge in [0.1, 0.15) is 0 Å². The highest BCUT2D eigenvalue weighted by Crippen LogP contribution is 2.23. The van der Waals surface area contributed by atoms with Crippen molar-refractivity contribution in [3.63, 3.8) is 0 Å². The molecule has 2 heterocycles. The number of nitrogens with zero attached hydrogens (tertiary/aromatic N) is 2. The highest BCUT2D eigenvalue weighted by atomic mass is 16.3. The van der Waals surface area contributed by atoms with Crippen molar-refractivity contribution in [2.45, 2.75) is 31.8 Å². The molecule has 0 bridgehead atoms. The molecule has 29 heavy (non-hydrogen) atoms. The summed E-state index contributed by atoms with van der Waals surface area (Å²) in [5.41, 5.74) is 1.90. The number of aromatic nitrogens is 1. The molecule has 8 nitrogen and oxygen atoms in total. The maximum atomic E-state index is 12.2. The number of rotatable bonds is 6. The van der Waals surface area contributed by atoms with E-state index in [-0.39, 0.29) is 12.5 Å². The zero-order valence-electron chi connectivity index (χ0n) is 16.4. The zero-order valence-corrected chi connectivity index (χ0v) is 16.4. The molecule has 1 aromatic carbocycles. The minimum Gasteiger partial charge on any atom is -0.387 e. The van der Waals surface area contributed by atoms with E-state index in [9.17, 15) is 19.5 Å². The van der Waals surface area contributed by atoms with E-state index in [2.05, 4.69) is 10.6 Å². The number of benzene rings is 1. The molecule has 1 aliphatic rings. The predicted octanol–water partition coefficient (Wildman–Crippen LogP) is 1.72. The fourth-order valence-electron chi connectivity index (χ4n) is 3.39. The molecule has 1 aromatic heterocycles. The number of hydrogen-bond donors (Lipinski definition) is 3. The summed E-state index contributed by atoms with van der Waals surface area (Å²) in [6, 6.07) is 10.5. The number of carbonyl (C=O) groups excluding carboxylic acids is 3. The van der Waals surface area contributed by atoms with Crippen LogP contribution in [0.4, 0.5) is 11.4 Å². The van der Waals surface area contributed by atoms with Crippen LogP contribution in [0.25, 0.3) is 0 Å². The maximum absolute atomic E-state index is 12.2. The molecule has 3 amide bonds. The van der Waals surface area contributed by atoms with Crippen LogP contribution in [0.1, 0.15) is 37.5 Å². The molecule has 0 radical (unpaired) electrons. The SMILES string of the molecule is Cn1cccc1C(O)CCNC(=O)C(=O)Nc1cccc(N2CCCCC2=O)c1. The van der Waals surface area contributed by atoms with Crippen molar-refractivity contribution in [2.75, 3.05) is 23.3 Å². The zero-order chi connectivity index (χ0) is 20.8. The molecule has 1 saturated heterocycles. The Balaban J connectivity index is 1.50. The van der Waals surface area contributed by atoms with Gasteiger partial charge >= 0.3 is 11.8 Å². The van der Waals surface area contributed by atoms with Crippen LogP contribution in [-0.2, 0) is 21.4 Å². The van der Waals surface area contributed by atoms with Crippen molar-refractivity contribution < 1.29 is 19.5 Å². The van der Waals surface area contributed by atoms with Crippen LogP contribution in [-0.4, -0.2) is 40.5 Å². The highest BCUT2D eigenvalue weighted by molar-refractivity contribution is 6.39. The second kappa shape index (κ2) is 9.38. The summed E-state index contributed by atoms with van der Waals surface area (Å²) in [7, 11) is 1.83. The van der Waals surface area contributed by atoms with E-state index >= 15 is 0 Å². The molecule has 8 heteroatoms. The molecular weight excluding hydrogens is 372 g/mol. The van der Waals surface area contributed by atoms with Gasteiger partial charge in [-0.05, 0) is 49.6 Å². The molecular formula is C21H26N4O4. The molecule has 3 N–H and O–H groups in total. The van der Waals surface area contributed by atoms with Gasteiger partial charge in [-0.3, -0.25) is 14.4 Å². The Labute approximate surface area is 169 Å². The highest BCUT2D eigenvalue weighted by Gasteiger charge is 2.20. The minimum absolute atomic E-state index is 0.0641.